The number of hydrogen-bond acceptors (Lipinski definition) is 4. The van der Waals surface area contributed by atoms with E-state index >= 15 is 0 Å². The van der Waals surface area contributed by atoms with E-state index in [9.17, 15) is 9.90 Å². The summed E-state index contributed by atoms with van der Waals surface area (Å²) < 4.78 is 4.50. The molecule has 1 unspecified atom stereocenters. The average molecular weight is 158 g/mol. The highest BCUT2D eigenvalue weighted by molar-refractivity contribution is 7.85. The largest absolute Gasteiger partial charge is 0.463 e. The van der Waals surface area contributed by atoms with Gasteiger partial charge >= 0.3 is 5.97 Å². The fourth-order valence-electron chi connectivity index (χ4n) is 0.719. The summed E-state index contributed by atoms with van der Waals surface area (Å²) in [4.78, 5) is 10.7. The third-order valence-corrected chi connectivity index (χ3v) is 1.41. The zero-order chi connectivity index (χ0) is 7.61. The van der Waals surface area contributed by atoms with Gasteiger partial charge in [-0.15, -0.1) is 0 Å². The molecule has 0 spiro atoms. The van der Waals surface area contributed by atoms with Crippen molar-refractivity contribution in [3.63, 3.8) is 0 Å². The summed E-state index contributed by atoms with van der Waals surface area (Å²) in [5.74, 6) is 1.59. The van der Waals surface area contributed by atoms with Gasteiger partial charge in [0, 0.05) is 6.42 Å². The normalized spacial score (nSPS) is 30.8. The molecule has 1 aliphatic heterocycles. The molecule has 0 radical (unpaired) electrons. The van der Waals surface area contributed by atoms with Gasteiger partial charge in [-0.25, -0.2) is 4.79 Å². The van der Waals surface area contributed by atoms with Gasteiger partial charge in [0.25, 0.3) is 0 Å². The van der Waals surface area contributed by atoms with Crippen LogP contribution in [0.2, 0.25) is 0 Å². The third-order valence-electron chi connectivity index (χ3n) is 1.30. The minimum Gasteiger partial charge on any atom is -0.463 e. The molecule has 0 aromatic carbocycles. The summed E-state index contributed by atoms with van der Waals surface area (Å²) in [5.41, 5.74) is -1.60. The van der Waals surface area contributed by atoms with Crippen LogP contribution in [0.4, 0.5) is 0 Å². The molecule has 0 amide bonds. The fourth-order valence-corrected chi connectivity index (χ4v) is 0.904. The Morgan fingerprint density at radius 2 is 2.50 bits per heavy atom. The van der Waals surface area contributed by atoms with E-state index in [1.807, 2.05) is 0 Å². The Morgan fingerprint density at radius 3 is 2.90 bits per heavy atom. The number of ether oxygens (including phenoxy) is 1. The lowest BCUT2D eigenvalue weighted by atomic mass is 10.1. The second-order valence-corrected chi connectivity index (χ2v) is 2.21. The van der Waals surface area contributed by atoms with E-state index in [0.717, 1.165) is 0 Å². The van der Waals surface area contributed by atoms with Crippen LogP contribution in [-0.2, 0) is 9.53 Å². The van der Waals surface area contributed by atoms with Crippen LogP contribution in [0.3, 0.4) is 0 Å². The second-order valence-electron chi connectivity index (χ2n) is 1.98. The summed E-state index contributed by atoms with van der Waals surface area (Å²) in [5, 5.41) is 11.4. The number of thiol groups is 1. The predicted octanol–water partition coefficient (Wildman–Crippen LogP) is -0.445. The summed E-state index contributed by atoms with van der Waals surface area (Å²) in [6.45, 7) is 0.234. The lowest BCUT2D eigenvalue weighted by Crippen LogP contribution is -2.31. The number of rotatable bonds is 0. The summed E-state index contributed by atoms with van der Waals surface area (Å²) in [6, 6.07) is 0. The van der Waals surface area contributed by atoms with Gasteiger partial charge in [-0.1, -0.05) is 12.6 Å². The van der Waals surface area contributed by atoms with E-state index < -0.39 is 11.6 Å². The molecule has 0 saturated carbocycles. The molecule has 0 aliphatic carbocycles. The van der Waals surface area contributed by atoms with Gasteiger partial charge in [-0.05, 0) is 11.2 Å². The lowest BCUT2D eigenvalue weighted by Gasteiger charge is -2.06. The topological polar surface area (TPSA) is 46.5 Å². The highest BCUT2D eigenvalue weighted by Crippen LogP contribution is 2.18. The maximum Gasteiger partial charge on any atom is 0.351 e. The van der Waals surface area contributed by atoms with Crippen molar-refractivity contribution in [2.75, 3.05) is 6.61 Å². The lowest BCUT2D eigenvalue weighted by molar-refractivity contribution is -0.148. The van der Waals surface area contributed by atoms with Crippen molar-refractivity contribution in [1.29, 1.82) is 0 Å². The zero-order valence-corrected chi connectivity index (χ0v) is 6.02. The van der Waals surface area contributed by atoms with Crippen LogP contribution in [0.15, 0.2) is 0 Å². The first kappa shape index (κ1) is 7.45. The smallest absolute Gasteiger partial charge is 0.351 e. The monoisotopic (exact) mass is 158 g/mol. The summed E-state index contributed by atoms with van der Waals surface area (Å²) in [6.07, 6.45) is 0.236. The molecule has 1 fully saturated rings. The molecular formula is C6H6O3S. The number of aliphatic hydroxyl groups is 1. The van der Waals surface area contributed by atoms with Crippen LogP contribution in [0, 0.1) is 11.2 Å². The number of esters is 1. The highest BCUT2D eigenvalue weighted by atomic mass is 32.1. The summed E-state index contributed by atoms with van der Waals surface area (Å²) >= 11 is 3.56. The fraction of sp³-hybridized carbons (Fsp3) is 0.500. The van der Waals surface area contributed by atoms with E-state index in [-0.39, 0.29) is 13.0 Å². The first-order valence-electron chi connectivity index (χ1n) is 2.75. The quantitative estimate of drug-likeness (QED) is 0.285. The van der Waals surface area contributed by atoms with Crippen molar-refractivity contribution < 1.29 is 14.6 Å². The van der Waals surface area contributed by atoms with Crippen molar-refractivity contribution in [1.82, 2.24) is 0 Å². The first-order chi connectivity index (χ1) is 4.69. The molecular weight excluding hydrogens is 152 g/mol. The van der Waals surface area contributed by atoms with Crippen molar-refractivity contribution in [3.05, 3.63) is 0 Å². The minimum atomic E-state index is -1.60. The van der Waals surface area contributed by atoms with Crippen LogP contribution in [0.25, 0.3) is 0 Å². The van der Waals surface area contributed by atoms with E-state index in [1.165, 1.54) is 0 Å². The molecule has 3 nitrogen and oxygen atoms in total. The molecule has 0 aromatic rings. The molecule has 0 bridgehead atoms. The van der Waals surface area contributed by atoms with Crippen LogP contribution in [0.5, 0.6) is 0 Å². The third kappa shape index (κ3) is 1.11. The van der Waals surface area contributed by atoms with Gasteiger partial charge in [0.1, 0.15) is 0 Å². The molecule has 1 rings (SSSR count). The SMILES string of the molecule is O=C1OCCC1(O)C#CS. The van der Waals surface area contributed by atoms with E-state index in [4.69, 9.17) is 0 Å². The Labute approximate surface area is 63.8 Å². The van der Waals surface area contributed by atoms with Gasteiger partial charge in [0.05, 0.1) is 6.61 Å². The van der Waals surface area contributed by atoms with E-state index in [1.54, 1.807) is 0 Å². The molecule has 1 N–H and O–H groups in total. The Bertz CT molecular complexity index is 215. The highest BCUT2D eigenvalue weighted by Gasteiger charge is 2.41. The van der Waals surface area contributed by atoms with E-state index in [0.29, 0.717) is 0 Å². The second kappa shape index (κ2) is 2.52. The standard InChI is InChI=1S/C6H6O3S/c7-5-6(8,2-4-10)1-3-9-5/h8,10H,1,3H2. The Hall–Kier alpha value is -0.660. The number of hydrogen-bond donors (Lipinski definition) is 2. The average Bonchev–Trinajstić information content (AvgIpc) is 2.15. The minimum absolute atomic E-state index is 0.234. The Balaban J connectivity index is 2.82. The van der Waals surface area contributed by atoms with Crippen molar-refractivity contribution in [2.24, 2.45) is 0 Å². The number of cyclic esters (lactones) is 1. The molecule has 1 atom stereocenters. The zero-order valence-electron chi connectivity index (χ0n) is 5.13. The van der Waals surface area contributed by atoms with Gasteiger partial charge < -0.3 is 9.84 Å². The molecule has 0 aromatic heterocycles. The molecule has 54 valence electrons. The van der Waals surface area contributed by atoms with Gasteiger partial charge in [0.2, 0.25) is 5.60 Å². The van der Waals surface area contributed by atoms with Crippen LogP contribution in [0.1, 0.15) is 6.42 Å². The first-order valence-corrected chi connectivity index (χ1v) is 3.19. The van der Waals surface area contributed by atoms with Gasteiger partial charge in [-0.2, -0.15) is 0 Å². The molecule has 1 heterocycles. The number of carbonyl (C=O) groups is 1. The van der Waals surface area contributed by atoms with E-state index in [2.05, 4.69) is 28.5 Å². The van der Waals surface area contributed by atoms with Gasteiger partial charge in [0.15, 0.2) is 0 Å². The maximum absolute atomic E-state index is 10.7. The Morgan fingerprint density at radius 1 is 1.80 bits per heavy atom. The summed E-state index contributed by atoms with van der Waals surface area (Å²) in [7, 11) is 0. The van der Waals surface area contributed by atoms with Crippen LogP contribution in [-0.4, -0.2) is 23.3 Å². The predicted molar refractivity (Wildman–Crippen MR) is 37.3 cm³/mol. The van der Waals surface area contributed by atoms with Crippen LogP contribution < -0.4 is 0 Å². The van der Waals surface area contributed by atoms with Crippen molar-refractivity contribution >= 4 is 18.6 Å². The van der Waals surface area contributed by atoms with Gasteiger partial charge in [-0.3, -0.25) is 0 Å². The molecule has 10 heavy (non-hydrogen) atoms. The van der Waals surface area contributed by atoms with Crippen molar-refractivity contribution in [2.45, 2.75) is 12.0 Å². The molecule has 1 aliphatic rings. The Kier molecular flexibility index (Phi) is 1.88. The molecule has 1 saturated heterocycles. The number of carbonyl (C=O) groups excluding carboxylic acids is 1. The maximum atomic E-state index is 10.7. The van der Waals surface area contributed by atoms with Crippen molar-refractivity contribution in [3.8, 4) is 11.2 Å². The molecule has 4 heteroatoms. The van der Waals surface area contributed by atoms with Crippen LogP contribution >= 0.6 is 12.6 Å².